The number of hydrogen-bond donors (Lipinski definition) is 7. The van der Waals surface area contributed by atoms with E-state index >= 15 is 0 Å². The zero-order valence-corrected chi connectivity index (χ0v) is 24.3. The summed E-state index contributed by atoms with van der Waals surface area (Å²) in [6.45, 7) is 1.39. The molecule has 0 radical (unpaired) electrons. The molecule has 2 rings (SSSR count). The van der Waals surface area contributed by atoms with Gasteiger partial charge in [0.15, 0.2) is 12.6 Å². The van der Waals surface area contributed by atoms with Crippen LogP contribution in [0, 0.1) is 0 Å². The Kier molecular flexibility index (Phi) is 18.3. The van der Waals surface area contributed by atoms with Crippen molar-refractivity contribution in [3.05, 3.63) is 0 Å². The summed E-state index contributed by atoms with van der Waals surface area (Å²) in [6.07, 6.45) is 3.66. The Morgan fingerprint density at radius 1 is 0.575 bits per heavy atom. The molecule has 0 aromatic carbocycles. The Labute approximate surface area is 239 Å². The minimum absolute atomic E-state index is 0.179. The van der Waals surface area contributed by atoms with E-state index in [0.29, 0.717) is 6.61 Å². The van der Waals surface area contributed by atoms with Gasteiger partial charge in [0.05, 0.1) is 19.3 Å². The molecule has 2 aliphatic heterocycles. The zero-order chi connectivity index (χ0) is 29.3. The lowest BCUT2D eigenvalue weighted by Crippen LogP contribution is -2.61. The molecule has 11 nitrogen and oxygen atoms in total. The molecule has 6 unspecified atom stereocenters. The van der Waals surface area contributed by atoms with E-state index in [9.17, 15) is 35.7 Å². The van der Waals surface area contributed by atoms with Crippen LogP contribution in [0.4, 0.5) is 0 Å². The van der Waals surface area contributed by atoms with Gasteiger partial charge < -0.3 is 54.7 Å². The van der Waals surface area contributed by atoms with E-state index in [1.807, 2.05) is 0 Å². The van der Waals surface area contributed by atoms with Crippen molar-refractivity contribution < 1.29 is 54.7 Å². The van der Waals surface area contributed by atoms with E-state index in [1.54, 1.807) is 0 Å². The van der Waals surface area contributed by atoms with E-state index in [4.69, 9.17) is 18.9 Å². The number of rotatable bonds is 20. The molecule has 0 saturated carbocycles. The molecule has 0 amide bonds. The smallest absolute Gasteiger partial charge is 0.187 e. The molecule has 0 aromatic rings. The lowest BCUT2D eigenvalue weighted by atomic mass is 9.98. The van der Waals surface area contributed by atoms with Crippen molar-refractivity contribution in [3.8, 4) is 0 Å². The van der Waals surface area contributed by atoms with Crippen molar-refractivity contribution in [3.63, 3.8) is 0 Å². The summed E-state index contributed by atoms with van der Waals surface area (Å²) >= 11 is 0. The van der Waals surface area contributed by atoms with E-state index in [0.717, 1.165) is 19.3 Å². The monoisotopic (exact) mass is 580 g/mol. The number of aliphatic hydroxyl groups excluding tert-OH is 7. The summed E-state index contributed by atoms with van der Waals surface area (Å²) in [7, 11) is 0. The van der Waals surface area contributed by atoms with Gasteiger partial charge in [-0.3, -0.25) is 0 Å². The average molecular weight is 581 g/mol. The van der Waals surface area contributed by atoms with Gasteiger partial charge in [-0.1, -0.05) is 90.4 Å². The van der Waals surface area contributed by atoms with Crippen LogP contribution in [0.15, 0.2) is 0 Å². The Bertz CT molecular complexity index is 625. The maximum absolute atomic E-state index is 10.7. The fourth-order valence-electron chi connectivity index (χ4n) is 5.39. The van der Waals surface area contributed by atoms with Crippen molar-refractivity contribution in [1.82, 2.24) is 0 Å². The van der Waals surface area contributed by atoms with Gasteiger partial charge in [-0.15, -0.1) is 0 Å². The predicted molar refractivity (Wildman–Crippen MR) is 147 cm³/mol. The van der Waals surface area contributed by atoms with E-state index in [-0.39, 0.29) is 6.42 Å². The van der Waals surface area contributed by atoms with Crippen LogP contribution in [-0.2, 0) is 18.9 Å². The molecule has 2 heterocycles. The summed E-state index contributed by atoms with van der Waals surface area (Å²) in [5.41, 5.74) is 0. The SMILES string of the molecule is CCCCCCCCCCCCCCCCO[C@@H]1OC(CO)[C@@H](O[C@H]2OC(CO)[C@@H](O)C(O)C2O)C(O)CC1O. The molecule has 238 valence electrons. The summed E-state index contributed by atoms with van der Waals surface area (Å²) in [5.74, 6) is 0. The van der Waals surface area contributed by atoms with E-state index in [1.165, 1.54) is 70.6 Å². The van der Waals surface area contributed by atoms with Crippen molar-refractivity contribution in [1.29, 1.82) is 0 Å². The summed E-state index contributed by atoms with van der Waals surface area (Å²) < 4.78 is 22.5. The van der Waals surface area contributed by atoms with Gasteiger partial charge in [-0.2, -0.15) is 0 Å². The van der Waals surface area contributed by atoms with Gasteiger partial charge in [0.2, 0.25) is 0 Å². The number of hydrogen-bond acceptors (Lipinski definition) is 11. The second kappa shape index (κ2) is 20.5. The Balaban J connectivity index is 1.66. The summed E-state index contributed by atoms with van der Waals surface area (Å²) in [5, 5.41) is 70.8. The maximum atomic E-state index is 10.7. The second-order valence-electron chi connectivity index (χ2n) is 11.4. The Hall–Kier alpha value is -0.440. The third-order valence-electron chi connectivity index (χ3n) is 7.95. The highest BCUT2D eigenvalue weighted by molar-refractivity contribution is 4.92. The fourth-order valence-corrected chi connectivity index (χ4v) is 5.39. The maximum Gasteiger partial charge on any atom is 0.187 e. The lowest BCUT2D eigenvalue weighted by Gasteiger charge is -2.42. The first-order valence-electron chi connectivity index (χ1n) is 15.5. The zero-order valence-electron chi connectivity index (χ0n) is 24.3. The largest absolute Gasteiger partial charge is 0.394 e. The number of ether oxygens (including phenoxy) is 4. The van der Waals surface area contributed by atoms with Crippen LogP contribution < -0.4 is 0 Å². The van der Waals surface area contributed by atoms with Crippen LogP contribution in [0.25, 0.3) is 0 Å². The van der Waals surface area contributed by atoms with E-state index < -0.39 is 74.6 Å². The van der Waals surface area contributed by atoms with Crippen LogP contribution >= 0.6 is 0 Å². The Morgan fingerprint density at radius 2 is 1.07 bits per heavy atom. The number of aliphatic hydroxyl groups is 7. The van der Waals surface area contributed by atoms with Crippen LogP contribution in [0.5, 0.6) is 0 Å². The average Bonchev–Trinajstić information content (AvgIpc) is 3.06. The minimum atomic E-state index is -1.68. The van der Waals surface area contributed by atoms with E-state index in [2.05, 4.69) is 6.92 Å². The quantitative estimate of drug-likeness (QED) is 0.104. The van der Waals surface area contributed by atoms with Crippen molar-refractivity contribution in [2.45, 2.75) is 165 Å². The molecule has 7 N–H and O–H groups in total. The van der Waals surface area contributed by atoms with Crippen molar-refractivity contribution >= 4 is 0 Å². The molecule has 0 aromatic heterocycles. The molecule has 2 aliphatic rings. The molecule has 0 bridgehead atoms. The second-order valence-corrected chi connectivity index (χ2v) is 11.4. The van der Waals surface area contributed by atoms with Crippen LogP contribution in [0.1, 0.15) is 103 Å². The molecule has 40 heavy (non-hydrogen) atoms. The standard InChI is InChI=1S/C29H56O11/c1-2-3-4-5-6-7-8-9-10-11-12-13-14-15-16-37-28-21(33)17-20(32)27(23(19-31)39-28)40-29-26(36)25(35)24(34)22(18-30)38-29/h20-36H,2-19H2,1H3/t20?,21?,22?,23?,24-,25?,26?,27+,28-,29-/m1/s1. The van der Waals surface area contributed by atoms with Crippen LogP contribution in [0.2, 0.25) is 0 Å². The first-order chi connectivity index (χ1) is 19.3. The third-order valence-corrected chi connectivity index (χ3v) is 7.95. The van der Waals surface area contributed by atoms with Crippen LogP contribution in [-0.4, -0.2) is 117 Å². The molecule has 0 spiro atoms. The predicted octanol–water partition coefficient (Wildman–Crippen LogP) is 1.50. The molecule has 2 fully saturated rings. The molecule has 2 saturated heterocycles. The van der Waals surface area contributed by atoms with Gasteiger partial charge in [-0.05, 0) is 6.42 Å². The number of unbranched alkanes of at least 4 members (excludes halogenated alkanes) is 13. The first-order valence-corrected chi connectivity index (χ1v) is 15.5. The van der Waals surface area contributed by atoms with Gasteiger partial charge in [0.25, 0.3) is 0 Å². The fraction of sp³-hybridized carbons (Fsp3) is 1.00. The van der Waals surface area contributed by atoms with Crippen molar-refractivity contribution in [2.24, 2.45) is 0 Å². The lowest BCUT2D eigenvalue weighted by molar-refractivity contribution is -0.328. The van der Waals surface area contributed by atoms with Gasteiger partial charge in [-0.25, -0.2) is 0 Å². The highest BCUT2D eigenvalue weighted by Crippen LogP contribution is 2.29. The summed E-state index contributed by atoms with van der Waals surface area (Å²) in [4.78, 5) is 0. The molecular formula is C29H56O11. The highest BCUT2D eigenvalue weighted by atomic mass is 16.7. The van der Waals surface area contributed by atoms with Gasteiger partial charge in [0.1, 0.15) is 42.7 Å². The molecule has 11 heteroatoms. The highest BCUT2D eigenvalue weighted by Gasteiger charge is 2.48. The normalized spacial score (nSPS) is 35.1. The first kappa shape index (κ1) is 35.8. The third kappa shape index (κ3) is 12.0. The van der Waals surface area contributed by atoms with Gasteiger partial charge in [0, 0.05) is 13.0 Å². The molecular weight excluding hydrogens is 524 g/mol. The Morgan fingerprint density at radius 3 is 1.60 bits per heavy atom. The topological polar surface area (TPSA) is 179 Å². The van der Waals surface area contributed by atoms with Gasteiger partial charge >= 0.3 is 0 Å². The van der Waals surface area contributed by atoms with Crippen LogP contribution in [0.3, 0.4) is 0 Å². The molecule has 0 aliphatic carbocycles. The van der Waals surface area contributed by atoms with Crippen molar-refractivity contribution in [2.75, 3.05) is 19.8 Å². The summed E-state index contributed by atoms with van der Waals surface area (Å²) in [6, 6.07) is 0. The minimum Gasteiger partial charge on any atom is -0.394 e. The molecule has 10 atom stereocenters.